The first-order valence-electron chi connectivity index (χ1n) is 10.5. The lowest BCUT2D eigenvalue weighted by atomic mass is 9.97. The molecule has 1 unspecified atom stereocenters. The summed E-state index contributed by atoms with van der Waals surface area (Å²) in [5.41, 5.74) is 3.37. The largest absolute Gasteiger partial charge is 0.384 e. The predicted molar refractivity (Wildman–Crippen MR) is 132 cm³/mol. The van der Waals surface area contributed by atoms with E-state index in [1.807, 2.05) is 84.9 Å². The Balaban J connectivity index is 1.43. The van der Waals surface area contributed by atoms with E-state index in [0.717, 1.165) is 26.8 Å². The molecule has 0 saturated heterocycles. The number of carbonyl (C=O) groups excluding carboxylic acids is 1. The van der Waals surface area contributed by atoms with Gasteiger partial charge in [0.2, 0.25) is 0 Å². The standard InChI is InChI=1S/C28H20FNO2S/c29-22-14-15-24(30-28(32)26-16-21-8-4-5-9-25(21)33-26)23(17-22)18-10-12-20(13-11-18)27(31)19-6-2-1-3-7-19/h1-17,27,31H,(H,30,32). The van der Waals surface area contributed by atoms with Crippen LogP contribution in [0.4, 0.5) is 10.1 Å². The molecule has 0 fully saturated rings. The Bertz CT molecular complexity index is 1390. The number of fused-ring (bicyclic) bond motifs is 1. The SMILES string of the molecule is O=C(Nc1ccc(F)cc1-c1ccc(C(O)c2ccccc2)cc1)c1cc2ccccc2s1. The summed E-state index contributed by atoms with van der Waals surface area (Å²) in [6.45, 7) is 0. The van der Waals surface area contributed by atoms with Crippen LogP contribution in [0.5, 0.6) is 0 Å². The van der Waals surface area contributed by atoms with Gasteiger partial charge in [0.25, 0.3) is 5.91 Å². The first-order valence-corrected chi connectivity index (χ1v) is 11.3. The van der Waals surface area contributed by atoms with Crippen molar-refractivity contribution in [3.05, 3.63) is 125 Å². The molecule has 162 valence electrons. The lowest BCUT2D eigenvalue weighted by molar-refractivity contribution is 0.103. The Labute approximate surface area is 194 Å². The summed E-state index contributed by atoms with van der Waals surface area (Å²) < 4.78 is 15.1. The van der Waals surface area contributed by atoms with Gasteiger partial charge in [-0.15, -0.1) is 11.3 Å². The minimum Gasteiger partial charge on any atom is -0.384 e. The number of anilines is 1. The van der Waals surface area contributed by atoms with E-state index in [9.17, 15) is 14.3 Å². The Hall–Kier alpha value is -3.80. The highest BCUT2D eigenvalue weighted by molar-refractivity contribution is 7.20. The summed E-state index contributed by atoms with van der Waals surface area (Å²) in [6.07, 6.45) is -0.750. The number of thiophene rings is 1. The summed E-state index contributed by atoms with van der Waals surface area (Å²) >= 11 is 1.42. The molecule has 1 atom stereocenters. The van der Waals surface area contributed by atoms with Crippen molar-refractivity contribution in [3.63, 3.8) is 0 Å². The molecule has 5 aromatic rings. The van der Waals surface area contributed by atoms with Gasteiger partial charge in [0, 0.05) is 16.0 Å². The number of hydrogen-bond acceptors (Lipinski definition) is 3. The van der Waals surface area contributed by atoms with Gasteiger partial charge in [-0.2, -0.15) is 0 Å². The summed E-state index contributed by atoms with van der Waals surface area (Å²) in [5.74, 6) is -0.626. The summed E-state index contributed by atoms with van der Waals surface area (Å²) in [6, 6.07) is 30.7. The van der Waals surface area contributed by atoms with Gasteiger partial charge < -0.3 is 10.4 Å². The quantitative estimate of drug-likeness (QED) is 0.300. The fourth-order valence-corrected chi connectivity index (χ4v) is 4.77. The fraction of sp³-hybridized carbons (Fsp3) is 0.0357. The van der Waals surface area contributed by atoms with Gasteiger partial charge in [-0.25, -0.2) is 4.39 Å². The molecule has 33 heavy (non-hydrogen) atoms. The predicted octanol–water partition coefficient (Wildman–Crippen LogP) is 7.04. The Morgan fingerprint density at radius 3 is 2.27 bits per heavy atom. The van der Waals surface area contributed by atoms with E-state index in [4.69, 9.17) is 0 Å². The van der Waals surface area contributed by atoms with Gasteiger partial charge in [-0.3, -0.25) is 4.79 Å². The van der Waals surface area contributed by atoms with E-state index < -0.39 is 11.9 Å². The molecule has 0 spiro atoms. The number of amides is 1. The maximum absolute atomic E-state index is 14.1. The number of halogens is 1. The van der Waals surface area contributed by atoms with Crippen molar-refractivity contribution in [1.82, 2.24) is 0 Å². The molecule has 0 bridgehead atoms. The zero-order chi connectivity index (χ0) is 22.8. The van der Waals surface area contributed by atoms with Crippen LogP contribution in [0.25, 0.3) is 21.2 Å². The normalized spacial score (nSPS) is 11.9. The van der Waals surface area contributed by atoms with Crippen LogP contribution < -0.4 is 5.32 Å². The minimum absolute atomic E-state index is 0.236. The topological polar surface area (TPSA) is 49.3 Å². The number of carbonyl (C=O) groups is 1. The molecule has 5 heteroatoms. The number of aliphatic hydroxyl groups excluding tert-OH is 1. The minimum atomic E-state index is -0.750. The van der Waals surface area contributed by atoms with Crippen LogP contribution in [0.3, 0.4) is 0 Å². The maximum Gasteiger partial charge on any atom is 0.265 e. The molecule has 4 aromatic carbocycles. The zero-order valence-electron chi connectivity index (χ0n) is 17.5. The average molecular weight is 454 g/mol. The molecule has 2 N–H and O–H groups in total. The summed E-state index contributed by atoms with van der Waals surface area (Å²) in [5, 5.41) is 14.6. The molecule has 0 radical (unpaired) electrons. The van der Waals surface area contributed by atoms with Crippen molar-refractivity contribution in [2.24, 2.45) is 0 Å². The Morgan fingerprint density at radius 1 is 0.818 bits per heavy atom. The highest BCUT2D eigenvalue weighted by atomic mass is 32.1. The molecular formula is C28H20FNO2S. The Morgan fingerprint density at radius 2 is 1.52 bits per heavy atom. The summed E-state index contributed by atoms with van der Waals surface area (Å²) in [7, 11) is 0. The lowest BCUT2D eigenvalue weighted by Gasteiger charge is -2.14. The molecule has 1 amide bonds. The Kier molecular flexibility index (Phi) is 5.73. The van der Waals surface area contributed by atoms with Crippen molar-refractivity contribution < 1.29 is 14.3 Å². The van der Waals surface area contributed by atoms with Crippen LogP contribution in [0.2, 0.25) is 0 Å². The molecule has 3 nitrogen and oxygen atoms in total. The van der Waals surface area contributed by atoms with Crippen LogP contribution in [-0.4, -0.2) is 11.0 Å². The van der Waals surface area contributed by atoms with Crippen molar-refractivity contribution in [3.8, 4) is 11.1 Å². The third kappa shape index (κ3) is 4.42. The van der Waals surface area contributed by atoms with E-state index in [0.29, 0.717) is 16.1 Å². The summed E-state index contributed by atoms with van der Waals surface area (Å²) in [4.78, 5) is 13.5. The van der Waals surface area contributed by atoms with Crippen LogP contribution in [0.1, 0.15) is 26.9 Å². The van der Waals surface area contributed by atoms with Crippen LogP contribution in [0, 0.1) is 5.82 Å². The maximum atomic E-state index is 14.1. The van der Waals surface area contributed by atoms with E-state index >= 15 is 0 Å². The molecule has 0 saturated carbocycles. The van der Waals surface area contributed by atoms with Crippen molar-refractivity contribution >= 4 is 33.0 Å². The van der Waals surface area contributed by atoms with Crippen molar-refractivity contribution in [1.29, 1.82) is 0 Å². The second-order valence-electron chi connectivity index (χ2n) is 7.73. The van der Waals surface area contributed by atoms with Gasteiger partial charge >= 0.3 is 0 Å². The second kappa shape index (κ2) is 8.98. The van der Waals surface area contributed by atoms with Crippen molar-refractivity contribution in [2.45, 2.75) is 6.10 Å². The number of aliphatic hydroxyl groups is 1. The third-order valence-corrected chi connectivity index (χ3v) is 6.65. The number of rotatable bonds is 5. The van der Waals surface area contributed by atoms with Gasteiger partial charge in [0.05, 0.1) is 4.88 Å². The highest BCUT2D eigenvalue weighted by Gasteiger charge is 2.15. The highest BCUT2D eigenvalue weighted by Crippen LogP contribution is 2.32. The average Bonchev–Trinajstić information content (AvgIpc) is 3.30. The molecular weight excluding hydrogens is 433 g/mol. The van der Waals surface area contributed by atoms with Crippen molar-refractivity contribution in [2.75, 3.05) is 5.32 Å². The van der Waals surface area contributed by atoms with Gasteiger partial charge in [0.1, 0.15) is 11.9 Å². The number of hydrogen-bond donors (Lipinski definition) is 2. The van der Waals surface area contributed by atoms with Crippen LogP contribution in [0.15, 0.2) is 103 Å². The third-order valence-electron chi connectivity index (χ3n) is 5.53. The second-order valence-corrected chi connectivity index (χ2v) is 8.81. The fourth-order valence-electron chi connectivity index (χ4n) is 3.81. The monoisotopic (exact) mass is 453 g/mol. The van der Waals surface area contributed by atoms with Crippen LogP contribution in [-0.2, 0) is 0 Å². The van der Waals surface area contributed by atoms with E-state index in [2.05, 4.69) is 5.32 Å². The molecule has 0 aliphatic rings. The van der Waals surface area contributed by atoms with E-state index in [-0.39, 0.29) is 5.91 Å². The van der Waals surface area contributed by atoms with E-state index in [1.54, 1.807) is 6.07 Å². The smallest absolute Gasteiger partial charge is 0.265 e. The number of nitrogens with one attached hydrogen (secondary N) is 1. The number of benzene rings is 4. The first kappa shape index (κ1) is 21.1. The molecule has 0 aliphatic carbocycles. The molecule has 5 rings (SSSR count). The lowest BCUT2D eigenvalue weighted by Crippen LogP contribution is -2.11. The van der Waals surface area contributed by atoms with Gasteiger partial charge in [-0.05, 0) is 52.4 Å². The zero-order valence-corrected chi connectivity index (χ0v) is 18.4. The molecule has 1 heterocycles. The van der Waals surface area contributed by atoms with Gasteiger partial charge in [0.15, 0.2) is 0 Å². The first-order chi connectivity index (χ1) is 16.1. The van der Waals surface area contributed by atoms with Gasteiger partial charge in [-0.1, -0.05) is 72.8 Å². The molecule has 1 aromatic heterocycles. The molecule has 0 aliphatic heterocycles. The van der Waals surface area contributed by atoms with Crippen LogP contribution >= 0.6 is 11.3 Å². The van der Waals surface area contributed by atoms with E-state index in [1.165, 1.54) is 23.5 Å².